The van der Waals surface area contributed by atoms with Crippen LogP contribution in [0.3, 0.4) is 0 Å². The van der Waals surface area contributed by atoms with Gasteiger partial charge in [-0.15, -0.1) is 11.8 Å². The van der Waals surface area contributed by atoms with Gasteiger partial charge in [-0.25, -0.2) is 0 Å². The molecule has 0 amide bonds. The molecule has 2 aliphatic rings. The lowest BCUT2D eigenvalue weighted by atomic mass is 9.99. The average molecular weight is 356 g/mol. The predicted molar refractivity (Wildman–Crippen MR) is 104 cm³/mol. The van der Waals surface area contributed by atoms with Crippen LogP contribution in [0.5, 0.6) is 17.2 Å². The Kier molecular flexibility index (Phi) is 5.18. The van der Waals surface area contributed by atoms with E-state index in [0.29, 0.717) is 5.25 Å². The maximum absolute atomic E-state index is 6.12. The molecule has 4 rings (SSSR count). The summed E-state index contributed by atoms with van der Waals surface area (Å²) in [5.41, 5.74) is 2.49. The summed E-state index contributed by atoms with van der Waals surface area (Å²) in [5.74, 6) is 3.96. The van der Waals surface area contributed by atoms with Crippen molar-refractivity contribution in [2.24, 2.45) is 0 Å². The second kappa shape index (κ2) is 7.71. The molecule has 2 heterocycles. The van der Waals surface area contributed by atoms with Crippen LogP contribution in [0.4, 0.5) is 0 Å². The molecule has 4 heteroatoms. The van der Waals surface area contributed by atoms with E-state index in [1.54, 1.807) is 7.11 Å². The highest BCUT2D eigenvalue weighted by molar-refractivity contribution is 7.99. The van der Waals surface area contributed by atoms with Gasteiger partial charge in [0.2, 0.25) is 0 Å². The molecule has 1 unspecified atom stereocenters. The lowest BCUT2D eigenvalue weighted by Crippen LogP contribution is -2.31. The Labute approximate surface area is 154 Å². The number of benzene rings is 2. The highest BCUT2D eigenvalue weighted by atomic mass is 32.2. The van der Waals surface area contributed by atoms with Gasteiger partial charge in [-0.1, -0.05) is 24.6 Å². The van der Waals surface area contributed by atoms with Crippen LogP contribution in [-0.2, 0) is 0 Å². The van der Waals surface area contributed by atoms with Gasteiger partial charge in [0, 0.05) is 23.4 Å². The quantitative estimate of drug-likeness (QED) is 0.743. The summed E-state index contributed by atoms with van der Waals surface area (Å²) in [6.45, 7) is 3.69. The molecule has 2 aromatic rings. The van der Waals surface area contributed by atoms with E-state index in [-0.39, 0.29) is 0 Å². The van der Waals surface area contributed by atoms with E-state index < -0.39 is 0 Å². The molecule has 0 radical (unpaired) electrons. The monoisotopic (exact) mass is 355 g/mol. The molecule has 1 fully saturated rings. The SMILES string of the molecule is COc1ccc2c(c1)C(SCCN1CCCCC1)c1ccccc1O2. The van der Waals surface area contributed by atoms with Gasteiger partial charge in [0.1, 0.15) is 17.2 Å². The Morgan fingerprint density at radius 2 is 1.84 bits per heavy atom. The Morgan fingerprint density at radius 1 is 1.04 bits per heavy atom. The molecular formula is C21H25NO2S. The van der Waals surface area contributed by atoms with Crippen LogP contribution in [0, 0.1) is 0 Å². The Balaban J connectivity index is 1.55. The first-order valence-corrected chi connectivity index (χ1v) is 10.2. The second-order valence-electron chi connectivity index (χ2n) is 6.70. The number of para-hydroxylation sites is 1. The molecule has 0 N–H and O–H groups in total. The van der Waals surface area contributed by atoms with E-state index in [1.165, 1.54) is 50.0 Å². The molecule has 25 heavy (non-hydrogen) atoms. The third-order valence-corrected chi connectivity index (χ3v) is 6.32. The summed E-state index contributed by atoms with van der Waals surface area (Å²) in [6.07, 6.45) is 4.10. The molecule has 0 aliphatic carbocycles. The zero-order chi connectivity index (χ0) is 17.1. The fourth-order valence-electron chi connectivity index (χ4n) is 3.69. The van der Waals surface area contributed by atoms with E-state index in [9.17, 15) is 0 Å². The third kappa shape index (κ3) is 3.65. The number of piperidine rings is 1. The number of methoxy groups -OCH3 is 1. The Morgan fingerprint density at radius 3 is 2.68 bits per heavy atom. The van der Waals surface area contributed by atoms with Crippen molar-refractivity contribution in [1.29, 1.82) is 0 Å². The van der Waals surface area contributed by atoms with Crippen LogP contribution in [-0.4, -0.2) is 37.4 Å². The van der Waals surface area contributed by atoms with E-state index in [2.05, 4.69) is 29.2 Å². The lowest BCUT2D eigenvalue weighted by Gasteiger charge is -2.30. The van der Waals surface area contributed by atoms with Gasteiger partial charge in [-0.05, 0) is 50.2 Å². The van der Waals surface area contributed by atoms with Crippen molar-refractivity contribution in [3.63, 3.8) is 0 Å². The van der Waals surface area contributed by atoms with Crippen molar-refractivity contribution >= 4 is 11.8 Å². The highest BCUT2D eigenvalue weighted by Crippen LogP contribution is 2.50. The number of hydrogen-bond donors (Lipinski definition) is 0. The topological polar surface area (TPSA) is 21.7 Å². The van der Waals surface area contributed by atoms with Crippen molar-refractivity contribution in [3.8, 4) is 17.2 Å². The lowest BCUT2D eigenvalue weighted by molar-refractivity contribution is 0.242. The maximum atomic E-state index is 6.12. The maximum Gasteiger partial charge on any atom is 0.132 e. The molecular weight excluding hydrogens is 330 g/mol. The van der Waals surface area contributed by atoms with Crippen molar-refractivity contribution in [1.82, 2.24) is 4.90 Å². The molecule has 132 valence electrons. The minimum Gasteiger partial charge on any atom is -0.497 e. The van der Waals surface area contributed by atoms with Gasteiger partial charge in [-0.3, -0.25) is 0 Å². The summed E-state index contributed by atoms with van der Waals surface area (Å²) in [5, 5.41) is 0.305. The van der Waals surface area contributed by atoms with Crippen LogP contribution in [0.2, 0.25) is 0 Å². The zero-order valence-electron chi connectivity index (χ0n) is 14.7. The molecule has 1 saturated heterocycles. The minimum atomic E-state index is 0.305. The average Bonchev–Trinajstić information content (AvgIpc) is 2.68. The van der Waals surface area contributed by atoms with Crippen molar-refractivity contribution in [2.45, 2.75) is 24.5 Å². The molecule has 0 saturated carbocycles. The summed E-state index contributed by atoms with van der Waals surface area (Å²) < 4.78 is 11.6. The number of fused-ring (bicyclic) bond motifs is 2. The second-order valence-corrected chi connectivity index (χ2v) is 7.91. The zero-order valence-corrected chi connectivity index (χ0v) is 15.6. The van der Waals surface area contributed by atoms with E-state index in [4.69, 9.17) is 9.47 Å². The number of rotatable bonds is 5. The van der Waals surface area contributed by atoms with Gasteiger partial charge in [-0.2, -0.15) is 0 Å². The summed E-state index contributed by atoms with van der Waals surface area (Å²) in [6, 6.07) is 14.5. The van der Waals surface area contributed by atoms with E-state index in [0.717, 1.165) is 23.0 Å². The van der Waals surface area contributed by atoms with Crippen LogP contribution in [0.15, 0.2) is 42.5 Å². The predicted octanol–water partition coefficient (Wildman–Crippen LogP) is 5.11. The third-order valence-electron chi connectivity index (χ3n) is 5.06. The standard InChI is InChI=1S/C21H25NO2S/c1-23-16-9-10-20-18(15-16)21(17-7-3-4-8-19(17)24-20)25-14-13-22-11-5-2-6-12-22/h3-4,7-10,15,21H,2,5-6,11-14H2,1H3. The van der Waals surface area contributed by atoms with Gasteiger partial charge in [0.15, 0.2) is 0 Å². The first kappa shape index (κ1) is 16.8. The number of thioether (sulfide) groups is 1. The van der Waals surface area contributed by atoms with Gasteiger partial charge in [0.05, 0.1) is 12.4 Å². The minimum absolute atomic E-state index is 0.305. The fourth-order valence-corrected chi connectivity index (χ4v) is 5.03. The van der Waals surface area contributed by atoms with E-state index in [1.807, 2.05) is 30.0 Å². The fraction of sp³-hybridized carbons (Fsp3) is 0.429. The van der Waals surface area contributed by atoms with Crippen LogP contribution < -0.4 is 9.47 Å². The summed E-state index contributed by atoms with van der Waals surface area (Å²) in [4.78, 5) is 2.61. The number of nitrogens with zero attached hydrogens (tertiary/aromatic N) is 1. The van der Waals surface area contributed by atoms with Gasteiger partial charge < -0.3 is 14.4 Å². The van der Waals surface area contributed by atoms with Gasteiger partial charge in [0.25, 0.3) is 0 Å². The first-order chi connectivity index (χ1) is 12.3. The van der Waals surface area contributed by atoms with Gasteiger partial charge >= 0.3 is 0 Å². The van der Waals surface area contributed by atoms with Crippen LogP contribution >= 0.6 is 11.8 Å². The first-order valence-electron chi connectivity index (χ1n) is 9.14. The van der Waals surface area contributed by atoms with Crippen LogP contribution in [0.25, 0.3) is 0 Å². The molecule has 0 aromatic heterocycles. The molecule has 3 nitrogen and oxygen atoms in total. The molecule has 0 bridgehead atoms. The normalized spacial score (nSPS) is 19.6. The molecule has 1 atom stereocenters. The molecule has 0 spiro atoms. The molecule has 2 aromatic carbocycles. The number of ether oxygens (including phenoxy) is 2. The number of likely N-dealkylation sites (tertiary alicyclic amines) is 1. The van der Waals surface area contributed by atoms with Crippen molar-refractivity contribution < 1.29 is 9.47 Å². The van der Waals surface area contributed by atoms with Crippen molar-refractivity contribution in [2.75, 3.05) is 32.5 Å². The van der Waals surface area contributed by atoms with Crippen molar-refractivity contribution in [3.05, 3.63) is 53.6 Å². The smallest absolute Gasteiger partial charge is 0.132 e. The Hall–Kier alpha value is -1.65. The summed E-state index contributed by atoms with van der Waals surface area (Å²) >= 11 is 2.02. The molecule has 2 aliphatic heterocycles. The number of hydrogen-bond acceptors (Lipinski definition) is 4. The Bertz CT molecular complexity index is 728. The summed E-state index contributed by atoms with van der Waals surface area (Å²) in [7, 11) is 1.72. The largest absolute Gasteiger partial charge is 0.497 e. The van der Waals surface area contributed by atoms with E-state index >= 15 is 0 Å². The highest BCUT2D eigenvalue weighted by Gasteiger charge is 2.28. The van der Waals surface area contributed by atoms with Crippen LogP contribution in [0.1, 0.15) is 35.6 Å².